The quantitative estimate of drug-likeness (QED) is 0.418. The van der Waals surface area contributed by atoms with Crippen molar-refractivity contribution in [2.45, 2.75) is 6.18 Å². The number of halogens is 5. The first-order valence-electron chi connectivity index (χ1n) is 7.27. The number of carbonyl (C=O) groups is 1. The summed E-state index contributed by atoms with van der Waals surface area (Å²) < 4.78 is 70.0. The van der Waals surface area contributed by atoms with Crippen molar-refractivity contribution in [3.63, 3.8) is 0 Å². The van der Waals surface area contributed by atoms with Crippen LogP contribution >= 0.6 is 11.3 Å². The fourth-order valence-corrected chi connectivity index (χ4v) is 2.80. The predicted molar refractivity (Wildman–Crippen MR) is 88.2 cm³/mol. The van der Waals surface area contributed by atoms with Gasteiger partial charge in [-0.1, -0.05) is 0 Å². The molecular weight excluding hydrogens is 391 g/mol. The lowest BCUT2D eigenvalue weighted by Gasteiger charge is -2.17. The smallest absolute Gasteiger partial charge is 0.425 e. The Morgan fingerprint density at radius 1 is 1.04 bits per heavy atom. The number of anilines is 2. The topological polar surface area (TPSA) is 42.4 Å². The maximum absolute atomic E-state index is 13.9. The molecule has 3 rings (SSSR count). The van der Waals surface area contributed by atoms with Crippen LogP contribution in [-0.4, -0.2) is 11.4 Å². The van der Waals surface area contributed by atoms with Crippen LogP contribution < -0.4 is 9.64 Å². The molecule has 0 bridgehead atoms. The third-order valence-electron chi connectivity index (χ3n) is 3.29. The molecule has 1 aromatic carbocycles. The van der Waals surface area contributed by atoms with Gasteiger partial charge in [-0.3, -0.25) is 9.69 Å². The van der Waals surface area contributed by atoms with Gasteiger partial charge >= 0.3 is 6.18 Å². The minimum Gasteiger partial charge on any atom is -0.438 e. The second-order valence-electron chi connectivity index (χ2n) is 5.18. The fourth-order valence-electron chi connectivity index (χ4n) is 2.13. The average molecular weight is 400 g/mol. The van der Waals surface area contributed by atoms with E-state index in [1.807, 2.05) is 0 Å². The zero-order chi connectivity index (χ0) is 19.6. The van der Waals surface area contributed by atoms with E-state index in [4.69, 9.17) is 4.74 Å². The summed E-state index contributed by atoms with van der Waals surface area (Å²) in [6, 6.07) is 7.33. The lowest BCUT2D eigenvalue weighted by atomic mass is 10.3. The molecule has 0 saturated heterocycles. The summed E-state index contributed by atoms with van der Waals surface area (Å²) in [7, 11) is 0. The second kappa shape index (κ2) is 7.31. The van der Waals surface area contributed by atoms with E-state index in [1.54, 1.807) is 0 Å². The van der Waals surface area contributed by atoms with Crippen molar-refractivity contribution < 1.29 is 31.5 Å². The number of carbonyl (C=O) groups excluding carboxylic acids is 1. The summed E-state index contributed by atoms with van der Waals surface area (Å²) in [5.41, 5.74) is 0.213. The SMILES string of the molecule is O=CN(c1ccc(F)cc1)c1cc(F)cc(Oc2csc(C(F)(F)F)c2)n1. The van der Waals surface area contributed by atoms with Gasteiger partial charge in [-0.2, -0.15) is 18.2 Å². The molecule has 0 spiro atoms. The Hall–Kier alpha value is -3.01. The number of alkyl halides is 3. The molecule has 0 unspecified atom stereocenters. The van der Waals surface area contributed by atoms with Crippen molar-refractivity contribution in [1.82, 2.24) is 4.98 Å². The van der Waals surface area contributed by atoms with E-state index in [0.29, 0.717) is 17.7 Å². The van der Waals surface area contributed by atoms with Crippen molar-refractivity contribution in [3.05, 3.63) is 64.4 Å². The normalized spacial score (nSPS) is 11.3. The zero-order valence-electron chi connectivity index (χ0n) is 13.2. The Bertz CT molecular complexity index is 957. The Morgan fingerprint density at radius 3 is 2.33 bits per heavy atom. The van der Waals surface area contributed by atoms with E-state index in [2.05, 4.69) is 4.98 Å². The van der Waals surface area contributed by atoms with Crippen LogP contribution in [0.2, 0.25) is 0 Å². The highest BCUT2D eigenvalue weighted by Crippen LogP contribution is 2.38. The maximum Gasteiger partial charge on any atom is 0.425 e. The van der Waals surface area contributed by atoms with Crippen molar-refractivity contribution in [2.75, 3.05) is 4.90 Å². The van der Waals surface area contributed by atoms with Crippen LogP contribution in [0.1, 0.15) is 4.88 Å². The molecule has 10 heteroatoms. The Morgan fingerprint density at radius 2 is 1.74 bits per heavy atom. The summed E-state index contributed by atoms with van der Waals surface area (Å²) in [6.07, 6.45) is -4.19. The van der Waals surface area contributed by atoms with Gasteiger partial charge in [0.05, 0.1) is 5.69 Å². The number of rotatable bonds is 5. The number of benzene rings is 1. The van der Waals surface area contributed by atoms with Crippen LogP contribution in [0.3, 0.4) is 0 Å². The number of nitrogens with zero attached hydrogens (tertiary/aromatic N) is 2. The number of amides is 1. The summed E-state index contributed by atoms with van der Waals surface area (Å²) in [6.45, 7) is 0. The molecule has 0 fully saturated rings. The van der Waals surface area contributed by atoms with Gasteiger partial charge in [0, 0.05) is 23.6 Å². The molecule has 0 saturated carbocycles. The number of ether oxygens (including phenoxy) is 1. The van der Waals surface area contributed by atoms with Crippen LogP contribution in [0.15, 0.2) is 47.8 Å². The highest BCUT2D eigenvalue weighted by atomic mass is 32.1. The molecule has 0 atom stereocenters. The highest BCUT2D eigenvalue weighted by molar-refractivity contribution is 7.10. The molecule has 1 amide bonds. The molecular formula is C17H9F5N2O2S. The first-order chi connectivity index (χ1) is 12.8. The minimum atomic E-state index is -4.52. The van der Waals surface area contributed by atoms with E-state index < -0.39 is 22.7 Å². The zero-order valence-corrected chi connectivity index (χ0v) is 14.0. The number of hydrogen-bond donors (Lipinski definition) is 0. The molecule has 0 radical (unpaired) electrons. The minimum absolute atomic E-state index is 0.171. The van der Waals surface area contributed by atoms with Gasteiger partial charge in [0.15, 0.2) is 0 Å². The Kier molecular flexibility index (Phi) is 5.08. The van der Waals surface area contributed by atoms with Gasteiger partial charge in [0.1, 0.15) is 28.1 Å². The molecule has 0 N–H and O–H groups in total. The van der Waals surface area contributed by atoms with Crippen LogP contribution in [0.25, 0.3) is 0 Å². The number of aromatic nitrogens is 1. The van der Waals surface area contributed by atoms with E-state index in [1.165, 1.54) is 12.1 Å². The molecule has 27 heavy (non-hydrogen) atoms. The van der Waals surface area contributed by atoms with Crippen molar-refractivity contribution in [2.24, 2.45) is 0 Å². The predicted octanol–water partition coefficient (Wildman–Crippen LogP) is 5.53. The maximum atomic E-state index is 13.9. The number of pyridine rings is 1. The molecule has 2 aromatic heterocycles. The second-order valence-corrected chi connectivity index (χ2v) is 6.09. The fraction of sp³-hybridized carbons (Fsp3) is 0.0588. The molecule has 0 aliphatic carbocycles. The van der Waals surface area contributed by atoms with E-state index in [0.717, 1.165) is 40.6 Å². The Labute approximate surface area is 153 Å². The number of hydrogen-bond acceptors (Lipinski definition) is 4. The third-order valence-corrected chi connectivity index (χ3v) is 4.24. The molecule has 0 aliphatic rings. The number of thiophene rings is 1. The monoisotopic (exact) mass is 400 g/mol. The largest absolute Gasteiger partial charge is 0.438 e. The first kappa shape index (κ1) is 18.8. The molecule has 2 heterocycles. The molecule has 140 valence electrons. The lowest BCUT2D eigenvalue weighted by molar-refractivity contribution is -0.134. The molecule has 4 nitrogen and oxygen atoms in total. The van der Waals surface area contributed by atoms with E-state index >= 15 is 0 Å². The molecule has 0 aliphatic heterocycles. The third kappa shape index (κ3) is 4.40. The van der Waals surface area contributed by atoms with Crippen LogP contribution in [0.5, 0.6) is 11.6 Å². The van der Waals surface area contributed by atoms with Crippen LogP contribution in [0, 0.1) is 11.6 Å². The van der Waals surface area contributed by atoms with E-state index in [-0.39, 0.29) is 23.1 Å². The van der Waals surface area contributed by atoms with Gasteiger partial charge in [0.2, 0.25) is 12.3 Å². The van der Waals surface area contributed by atoms with Gasteiger partial charge in [-0.15, -0.1) is 11.3 Å². The Balaban J connectivity index is 1.90. The summed E-state index contributed by atoms with van der Waals surface area (Å²) in [4.78, 5) is 15.4. The first-order valence-corrected chi connectivity index (χ1v) is 8.15. The molecule has 3 aromatic rings. The summed E-state index contributed by atoms with van der Waals surface area (Å²) >= 11 is 0.420. The van der Waals surface area contributed by atoms with Crippen molar-refractivity contribution in [1.29, 1.82) is 0 Å². The lowest BCUT2D eigenvalue weighted by Crippen LogP contribution is -2.16. The summed E-state index contributed by atoms with van der Waals surface area (Å²) in [5, 5.41) is 1.10. The van der Waals surface area contributed by atoms with Crippen LogP contribution in [-0.2, 0) is 11.0 Å². The summed E-state index contributed by atoms with van der Waals surface area (Å²) in [5.74, 6) is -2.05. The van der Waals surface area contributed by atoms with Crippen molar-refractivity contribution in [3.8, 4) is 11.6 Å². The van der Waals surface area contributed by atoms with Crippen molar-refractivity contribution >= 4 is 29.3 Å². The average Bonchev–Trinajstić information content (AvgIpc) is 3.05. The van der Waals surface area contributed by atoms with Gasteiger partial charge in [-0.25, -0.2) is 8.78 Å². The highest BCUT2D eigenvalue weighted by Gasteiger charge is 2.32. The van der Waals surface area contributed by atoms with Crippen LogP contribution in [0.4, 0.5) is 33.5 Å². The van der Waals surface area contributed by atoms with E-state index in [9.17, 15) is 26.7 Å². The van der Waals surface area contributed by atoms with Gasteiger partial charge in [-0.05, 0) is 24.3 Å². The van der Waals surface area contributed by atoms with Gasteiger partial charge in [0.25, 0.3) is 0 Å². The van der Waals surface area contributed by atoms with Gasteiger partial charge < -0.3 is 4.74 Å². The standard InChI is InChI=1S/C17H9F5N2O2S/c18-10-1-3-12(4-2-10)24(9-25)15-5-11(19)6-16(23-15)26-13-7-14(27-8-13)17(20,21)22/h1-9H.